The van der Waals surface area contributed by atoms with E-state index in [-0.39, 0.29) is 0 Å². The molecule has 4 aromatic heterocycles. The predicted octanol–water partition coefficient (Wildman–Crippen LogP) is 31.3. The van der Waals surface area contributed by atoms with Gasteiger partial charge in [-0.2, -0.15) is 0 Å². The van der Waals surface area contributed by atoms with Gasteiger partial charge >= 0.3 is 0 Å². The lowest BCUT2D eigenvalue weighted by Crippen LogP contribution is -2.11. The zero-order valence-corrected chi connectivity index (χ0v) is 78.3. The van der Waals surface area contributed by atoms with Crippen molar-refractivity contribution in [2.45, 2.75) is 77.8 Å². The number of ether oxygens (including phenoxy) is 8. The molecule has 0 aliphatic rings. The van der Waals surface area contributed by atoms with Crippen molar-refractivity contribution < 1.29 is 37.9 Å². The van der Waals surface area contributed by atoms with Crippen molar-refractivity contribution in [1.82, 2.24) is 18.3 Å². The fraction of sp³-hybridized carbons (Fsp3) is 0.161. The number of hydrogen-bond acceptors (Lipinski definition) is 10. The van der Waals surface area contributed by atoms with Gasteiger partial charge in [-0.3, -0.25) is 0 Å². The minimum absolute atomic E-state index is 0.443. The van der Waals surface area contributed by atoms with Gasteiger partial charge in [-0.25, -0.2) is 0 Å². The van der Waals surface area contributed by atoms with Crippen LogP contribution < -0.4 is 28.7 Å². The van der Waals surface area contributed by atoms with Gasteiger partial charge in [0.25, 0.3) is 0 Å². The highest BCUT2D eigenvalue weighted by atomic mass is 16.5. The Balaban J connectivity index is 0.835. The smallest absolute Gasteiger partial charge is 0.119 e. The number of nitrogens with zero attached hydrogens (tertiary/aromatic N) is 6. The van der Waals surface area contributed by atoms with Crippen LogP contribution in [-0.2, 0) is 45.4 Å². The van der Waals surface area contributed by atoms with Crippen LogP contribution in [0.15, 0.2) is 427 Å². The molecule has 0 radical (unpaired) electrons. The summed E-state index contributed by atoms with van der Waals surface area (Å²) in [7, 11) is 0. The second-order valence-corrected chi connectivity index (χ2v) is 34.0. The maximum atomic E-state index is 6.46. The van der Waals surface area contributed by atoms with E-state index in [1.165, 1.54) is 0 Å². The molecule has 0 aliphatic heterocycles. The Bertz CT molecular complexity index is 6110. The Morgan fingerprint density at radius 3 is 0.580 bits per heavy atom. The van der Waals surface area contributed by atoms with Gasteiger partial charge in [0.15, 0.2) is 0 Å². The summed E-state index contributed by atoms with van der Waals surface area (Å²) in [6.07, 6.45) is 14.2. The van der Waals surface area contributed by atoms with Crippen LogP contribution in [0.5, 0.6) is 23.0 Å². The fourth-order valence-corrected chi connectivity index (χ4v) is 16.9. The van der Waals surface area contributed by atoms with Gasteiger partial charge < -0.3 is 66.0 Å². The van der Waals surface area contributed by atoms with Crippen LogP contribution in [0.2, 0.25) is 0 Å². The Hall–Kier alpha value is -15.7. The van der Waals surface area contributed by atoms with Crippen LogP contribution in [-0.4, -0.2) is 71.1 Å². The number of aromatic nitrogens is 4. The molecule has 14 nitrogen and oxygen atoms in total. The van der Waals surface area contributed by atoms with Crippen LogP contribution in [0, 0.1) is 0 Å². The van der Waals surface area contributed by atoms with Gasteiger partial charge in [0.05, 0.1) is 86.3 Å². The van der Waals surface area contributed by atoms with E-state index in [9.17, 15) is 0 Å². The highest BCUT2D eigenvalue weighted by Gasteiger charge is 2.20. The third kappa shape index (κ3) is 25.3. The van der Waals surface area contributed by atoms with Crippen LogP contribution in [0.1, 0.15) is 95.9 Å². The highest BCUT2D eigenvalue weighted by molar-refractivity contribution is 5.88. The summed E-state index contributed by atoms with van der Waals surface area (Å²) in [5, 5.41) is 0. The van der Waals surface area contributed by atoms with E-state index in [0.717, 1.165) is 220 Å². The van der Waals surface area contributed by atoms with E-state index in [4.69, 9.17) is 37.9 Å². The molecular weight excluding hydrogens is 1700 g/mol. The first-order valence-electron chi connectivity index (χ1n) is 47.8. The summed E-state index contributed by atoms with van der Waals surface area (Å²) in [6, 6.07) is 142. The second kappa shape index (κ2) is 48.5. The maximum Gasteiger partial charge on any atom is 0.119 e. The quantitative estimate of drug-likeness (QED) is 0.0343. The van der Waals surface area contributed by atoms with Gasteiger partial charge in [-0.1, -0.05) is 220 Å². The van der Waals surface area contributed by atoms with Gasteiger partial charge in [0.1, 0.15) is 23.0 Å². The third-order valence-corrected chi connectivity index (χ3v) is 24.2. The molecule has 4 heterocycles. The molecule has 0 spiro atoms. The van der Waals surface area contributed by atoms with Crippen molar-refractivity contribution in [3.8, 4) is 45.7 Å². The average Bonchev–Trinajstić information content (AvgIpc) is 0.755. The zero-order chi connectivity index (χ0) is 94.1. The largest absolute Gasteiger partial charge is 0.494 e. The molecule has 138 heavy (non-hydrogen) atoms. The Morgan fingerprint density at radius 1 is 0.188 bits per heavy atom. The monoisotopic (exact) mass is 1820 g/mol. The molecule has 0 atom stereocenters. The van der Waals surface area contributed by atoms with Gasteiger partial charge in [-0.15, -0.1) is 0 Å². The highest BCUT2D eigenvalue weighted by Crippen LogP contribution is 2.41. The summed E-state index contributed by atoms with van der Waals surface area (Å²) in [6.45, 7) is 22.1. The molecule has 0 saturated heterocycles. The molecule has 0 unspecified atom stereocenters. The Labute approximate surface area is 811 Å². The minimum Gasteiger partial charge on any atom is -0.494 e. The number of anilines is 6. The molecular formula is C124H118N6O8. The third-order valence-electron chi connectivity index (χ3n) is 24.2. The summed E-state index contributed by atoms with van der Waals surface area (Å²) in [4.78, 5) is 4.72. The second-order valence-electron chi connectivity index (χ2n) is 34.0. The molecule has 0 amide bonds. The lowest BCUT2D eigenvalue weighted by Gasteiger charge is -2.27. The molecule has 0 fully saturated rings. The SMILES string of the molecule is C=Cc1ccc(OCCCCOCc2ccc(-n3c4ccc(cc4)n(-c4ccc(COCCCCOc5ccc(C=C)cc5)cc4)c4cc(N(c5ccccc5)c5ccccc5)cc(c4)n(-c4ccc(COCCCCOc5ccc(C=C)cc5)cc4)c4ccc(cc4)n(-c4ccc(COCCCCOc5ccc(C=C)cc5)cc4)c4cc(N(c5ccccc5)c5ccccc5)cc3c4)cc2)cc1. The molecule has 20 aromatic rings. The summed E-state index contributed by atoms with van der Waals surface area (Å²) < 4.78 is 59.8. The molecule has 0 N–H and O–H groups in total. The molecule has 14 heteroatoms. The molecule has 0 aliphatic carbocycles. The zero-order valence-electron chi connectivity index (χ0n) is 78.3. The molecule has 8 bridgehead atoms. The summed E-state index contributed by atoms with van der Waals surface area (Å²) in [5.74, 6) is 3.38. The van der Waals surface area contributed by atoms with Crippen molar-refractivity contribution in [3.05, 3.63) is 471 Å². The van der Waals surface area contributed by atoms with E-state index in [2.05, 4.69) is 358 Å². The molecule has 0 saturated carbocycles. The topological polar surface area (TPSA) is 100 Å². The van der Waals surface area contributed by atoms with Crippen LogP contribution >= 0.6 is 0 Å². The number of benzene rings is 16. The number of para-hydroxylation sites is 4. The van der Waals surface area contributed by atoms with E-state index in [1.807, 2.05) is 121 Å². The Morgan fingerprint density at radius 2 is 0.384 bits per heavy atom. The van der Waals surface area contributed by atoms with E-state index in [1.54, 1.807) is 0 Å². The van der Waals surface area contributed by atoms with Crippen molar-refractivity contribution in [3.63, 3.8) is 0 Å². The number of hydrogen-bond donors (Lipinski definition) is 0. The van der Waals surface area contributed by atoms with E-state index in [0.29, 0.717) is 79.3 Å². The van der Waals surface area contributed by atoms with Crippen molar-refractivity contribution in [2.75, 3.05) is 62.7 Å². The van der Waals surface area contributed by atoms with Crippen molar-refractivity contribution in [1.29, 1.82) is 0 Å². The summed E-state index contributed by atoms with van der Waals surface area (Å²) >= 11 is 0. The van der Waals surface area contributed by atoms with Crippen LogP contribution in [0.25, 0.3) is 91.2 Å². The standard InChI is InChI=1S/C124H118N6O8/c1-5-95-45-69-121(70-46-95)135-81-25-21-77-131-91-99-37-53-107(54-38-99)127-111-61-63-112(64-62-111)129(109-57-41-101(42-58-109)93-133-79-23-27-83-137-123-73-49-97(7-3)50-74-123)119-87-116(126(105-33-17-11-18-34-105)106-35-19-12-20-36-106)88-120(90-119)130(110-59-43-102(44-60-110)94-134-80-24-28-84-138-124-75-51-98(8-4)52-76-124)114-67-65-113(66-68-114)128(108-55-39-100(40-56-108)92-132-78-22-26-82-136-122-71-47-96(6-2)48-72-122)118-86-115(85-117(127)89-118)125(103-29-13-9-14-30-103)104-31-15-10-16-32-104/h5-20,29-76,85-90H,1-4,21-28,77-84,91-94H2. The molecule has 16 aromatic carbocycles. The van der Waals surface area contributed by atoms with E-state index < -0.39 is 0 Å². The van der Waals surface area contributed by atoms with Gasteiger partial charge in [0.2, 0.25) is 0 Å². The number of rotatable bonds is 46. The van der Waals surface area contributed by atoms with Crippen molar-refractivity contribution in [2.24, 2.45) is 0 Å². The first-order valence-corrected chi connectivity index (χ1v) is 47.8. The number of unbranched alkanes of at least 4 members (excludes halogenated alkanes) is 4. The van der Waals surface area contributed by atoms with Crippen LogP contribution in [0.3, 0.4) is 0 Å². The predicted molar refractivity (Wildman–Crippen MR) is 571 cm³/mol. The van der Waals surface area contributed by atoms with Crippen LogP contribution in [0.4, 0.5) is 34.1 Å². The fourth-order valence-electron chi connectivity index (χ4n) is 16.9. The normalized spacial score (nSPS) is 11.1. The van der Waals surface area contributed by atoms with Gasteiger partial charge in [-0.05, 0) is 326 Å². The lowest BCUT2D eigenvalue weighted by molar-refractivity contribution is 0.113. The first kappa shape index (κ1) is 94.1. The van der Waals surface area contributed by atoms with Gasteiger partial charge in [0, 0.05) is 94.0 Å². The van der Waals surface area contributed by atoms with Crippen molar-refractivity contribution >= 4 is 103 Å². The average molecular weight is 1820 g/mol. The first-order chi connectivity index (χ1) is 68.2. The Kier molecular flexibility index (Phi) is 33.1. The summed E-state index contributed by atoms with van der Waals surface area (Å²) in [5.41, 5.74) is 25.4. The molecule has 20 rings (SSSR count). The minimum atomic E-state index is 0.443. The maximum absolute atomic E-state index is 6.46. The molecule has 692 valence electrons. The van der Waals surface area contributed by atoms with E-state index >= 15 is 0 Å². The lowest BCUT2D eigenvalue weighted by atomic mass is 10.1.